The van der Waals surface area contributed by atoms with Gasteiger partial charge in [-0.3, -0.25) is 9.59 Å². The van der Waals surface area contributed by atoms with Crippen LogP contribution in [0.2, 0.25) is 0 Å². The SMILES string of the molecule is CC#Cc1ccc(C2=C(OC(C)=O)[C@@H]3[C@H](C2=O)[C@@H]2O[C@H]3C[C@@H]2COC)c(OC)c1. The number of rotatable bonds is 5. The van der Waals surface area contributed by atoms with Gasteiger partial charge in [-0.2, -0.15) is 0 Å². The molecule has 3 aliphatic rings. The molecule has 1 aliphatic carbocycles. The molecular weight excluding hydrogens is 372 g/mol. The first kappa shape index (κ1) is 19.7. The monoisotopic (exact) mass is 396 g/mol. The van der Waals surface area contributed by atoms with Crippen LogP contribution in [0.5, 0.6) is 5.75 Å². The standard InChI is InChI=1S/C23H24O6/c1-5-6-13-7-8-15(16(9-13)27-4)18-21(25)20-19(23(18)28-12(2)24)17-10-14(11-26-3)22(20)29-17/h7-9,14,17,19-20,22H,10-11H2,1-4H3/t14-,17+,19+,20-,22-/m1/s1. The fourth-order valence-corrected chi connectivity index (χ4v) is 4.98. The van der Waals surface area contributed by atoms with Crippen LogP contribution in [-0.4, -0.2) is 44.8 Å². The number of ketones is 1. The van der Waals surface area contributed by atoms with E-state index in [-0.39, 0.29) is 35.7 Å². The molecule has 0 spiro atoms. The minimum atomic E-state index is -0.449. The van der Waals surface area contributed by atoms with E-state index in [4.69, 9.17) is 18.9 Å². The lowest BCUT2D eigenvalue weighted by Crippen LogP contribution is -2.37. The van der Waals surface area contributed by atoms with Crippen LogP contribution in [0.15, 0.2) is 24.0 Å². The number of methoxy groups -OCH3 is 2. The van der Waals surface area contributed by atoms with Gasteiger partial charge in [0, 0.05) is 31.1 Å². The summed E-state index contributed by atoms with van der Waals surface area (Å²) in [6, 6.07) is 5.45. The molecule has 2 fully saturated rings. The number of ether oxygens (including phenoxy) is 4. The summed E-state index contributed by atoms with van der Waals surface area (Å²) in [5.74, 6) is 5.82. The number of esters is 1. The fraction of sp³-hybridized carbons (Fsp3) is 0.478. The minimum Gasteiger partial charge on any atom is -0.496 e. The van der Waals surface area contributed by atoms with Crippen molar-refractivity contribution in [3.05, 3.63) is 35.1 Å². The second kappa shape index (κ2) is 7.66. The van der Waals surface area contributed by atoms with Gasteiger partial charge in [0.05, 0.1) is 43.3 Å². The topological polar surface area (TPSA) is 71.1 Å². The van der Waals surface area contributed by atoms with Gasteiger partial charge in [0.2, 0.25) is 0 Å². The van der Waals surface area contributed by atoms with Crippen LogP contribution in [0.3, 0.4) is 0 Å². The zero-order valence-corrected chi connectivity index (χ0v) is 17.0. The summed E-state index contributed by atoms with van der Waals surface area (Å²) in [6.07, 6.45) is 0.404. The highest BCUT2D eigenvalue weighted by atomic mass is 16.5. The molecule has 0 saturated carbocycles. The van der Waals surface area contributed by atoms with Gasteiger partial charge in [0.15, 0.2) is 5.78 Å². The first-order chi connectivity index (χ1) is 14.0. The molecule has 2 heterocycles. The summed E-state index contributed by atoms with van der Waals surface area (Å²) in [6.45, 7) is 3.65. The Bertz CT molecular complexity index is 950. The van der Waals surface area contributed by atoms with Gasteiger partial charge in [0.25, 0.3) is 0 Å². The highest BCUT2D eigenvalue weighted by Gasteiger charge is 2.63. The van der Waals surface area contributed by atoms with E-state index in [9.17, 15) is 9.59 Å². The lowest BCUT2D eigenvalue weighted by molar-refractivity contribution is -0.138. The van der Waals surface area contributed by atoms with Crippen molar-refractivity contribution in [2.45, 2.75) is 32.5 Å². The van der Waals surface area contributed by atoms with Gasteiger partial charge in [0.1, 0.15) is 11.5 Å². The highest BCUT2D eigenvalue weighted by molar-refractivity contribution is 6.26. The number of carbonyl (C=O) groups excluding carboxylic acids is 2. The zero-order chi connectivity index (χ0) is 20.7. The Morgan fingerprint density at radius 2 is 2.07 bits per heavy atom. The Kier molecular flexibility index (Phi) is 5.20. The Labute approximate surface area is 170 Å². The van der Waals surface area contributed by atoms with Crippen LogP contribution in [0.25, 0.3) is 5.57 Å². The molecule has 1 aromatic carbocycles. The molecule has 0 N–H and O–H groups in total. The first-order valence-electron chi connectivity index (χ1n) is 9.72. The summed E-state index contributed by atoms with van der Waals surface area (Å²) in [5.41, 5.74) is 1.82. The number of allylic oxidation sites excluding steroid dienone is 1. The lowest BCUT2D eigenvalue weighted by Gasteiger charge is -2.27. The average molecular weight is 396 g/mol. The molecule has 6 nitrogen and oxygen atoms in total. The van der Waals surface area contributed by atoms with Gasteiger partial charge in [-0.1, -0.05) is 5.92 Å². The largest absolute Gasteiger partial charge is 0.496 e. The summed E-state index contributed by atoms with van der Waals surface area (Å²) in [5, 5.41) is 0. The quantitative estimate of drug-likeness (QED) is 0.563. The number of hydrogen-bond acceptors (Lipinski definition) is 6. The van der Waals surface area contributed by atoms with Gasteiger partial charge in [-0.25, -0.2) is 0 Å². The molecular formula is C23H24O6. The van der Waals surface area contributed by atoms with Gasteiger partial charge in [-0.05, 0) is 31.5 Å². The Morgan fingerprint density at radius 1 is 1.28 bits per heavy atom. The molecule has 152 valence electrons. The summed E-state index contributed by atoms with van der Waals surface area (Å²) in [4.78, 5) is 25.4. The minimum absolute atomic E-state index is 0.0628. The van der Waals surface area contributed by atoms with E-state index in [1.165, 1.54) is 6.92 Å². The molecule has 5 atom stereocenters. The van der Waals surface area contributed by atoms with E-state index >= 15 is 0 Å². The summed E-state index contributed by atoms with van der Waals surface area (Å²) >= 11 is 0. The van der Waals surface area contributed by atoms with Crippen LogP contribution >= 0.6 is 0 Å². The third-order valence-corrected chi connectivity index (χ3v) is 5.95. The Morgan fingerprint density at radius 3 is 2.72 bits per heavy atom. The van der Waals surface area contributed by atoms with Gasteiger partial charge < -0.3 is 18.9 Å². The molecule has 29 heavy (non-hydrogen) atoms. The Balaban J connectivity index is 1.80. The van der Waals surface area contributed by atoms with E-state index < -0.39 is 5.97 Å². The maximum atomic E-state index is 13.5. The molecule has 0 radical (unpaired) electrons. The lowest BCUT2D eigenvalue weighted by atomic mass is 9.75. The number of fused-ring (bicyclic) bond motifs is 5. The van der Waals surface area contributed by atoms with Crippen molar-refractivity contribution >= 4 is 17.3 Å². The van der Waals surface area contributed by atoms with Crippen molar-refractivity contribution in [2.24, 2.45) is 17.8 Å². The van der Waals surface area contributed by atoms with Gasteiger partial charge >= 0.3 is 5.97 Å². The van der Waals surface area contributed by atoms with Crippen molar-refractivity contribution in [3.8, 4) is 17.6 Å². The van der Waals surface area contributed by atoms with Crippen LogP contribution in [0, 0.1) is 29.6 Å². The number of carbonyl (C=O) groups is 2. The Hall–Kier alpha value is -2.62. The van der Waals surface area contributed by atoms with Gasteiger partial charge in [-0.15, -0.1) is 5.92 Å². The zero-order valence-electron chi connectivity index (χ0n) is 17.0. The van der Waals surface area contributed by atoms with Crippen molar-refractivity contribution in [3.63, 3.8) is 0 Å². The molecule has 0 aromatic heterocycles. The highest BCUT2D eigenvalue weighted by Crippen LogP contribution is 2.57. The predicted octanol–water partition coefficient (Wildman–Crippen LogP) is 2.59. The maximum Gasteiger partial charge on any atom is 0.307 e. The van der Waals surface area contributed by atoms with Crippen molar-refractivity contribution in [1.29, 1.82) is 0 Å². The third kappa shape index (κ3) is 3.15. The smallest absolute Gasteiger partial charge is 0.307 e. The number of Topliss-reactive ketones (excluding diaryl/α,β-unsaturated/α-hetero) is 1. The van der Waals surface area contributed by atoms with Crippen molar-refractivity contribution < 1.29 is 28.5 Å². The first-order valence-corrected chi connectivity index (χ1v) is 9.72. The predicted molar refractivity (Wildman–Crippen MR) is 105 cm³/mol. The molecule has 6 heteroatoms. The molecule has 2 aliphatic heterocycles. The van der Waals surface area contributed by atoms with E-state index in [0.29, 0.717) is 29.3 Å². The van der Waals surface area contributed by atoms with Crippen LogP contribution in [0.4, 0.5) is 0 Å². The van der Waals surface area contributed by atoms with Crippen LogP contribution in [0.1, 0.15) is 31.4 Å². The summed E-state index contributed by atoms with van der Waals surface area (Å²) < 4.78 is 22.6. The van der Waals surface area contributed by atoms with Crippen LogP contribution in [-0.2, 0) is 23.8 Å². The molecule has 0 amide bonds. The van der Waals surface area contributed by atoms with E-state index in [1.807, 2.05) is 12.1 Å². The van der Waals surface area contributed by atoms with E-state index in [0.717, 1.165) is 12.0 Å². The van der Waals surface area contributed by atoms with Crippen LogP contribution < -0.4 is 4.74 Å². The molecule has 0 unspecified atom stereocenters. The second-order valence-electron chi connectivity index (χ2n) is 7.63. The second-order valence-corrected chi connectivity index (χ2v) is 7.63. The normalized spacial score (nSPS) is 29.5. The average Bonchev–Trinajstić information content (AvgIpc) is 3.33. The molecule has 1 aromatic rings. The third-order valence-electron chi connectivity index (χ3n) is 5.95. The van der Waals surface area contributed by atoms with E-state index in [1.54, 1.807) is 27.2 Å². The fourth-order valence-electron chi connectivity index (χ4n) is 4.98. The summed E-state index contributed by atoms with van der Waals surface area (Å²) in [7, 11) is 3.20. The van der Waals surface area contributed by atoms with Crippen molar-refractivity contribution in [1.82, 2.24) is 0 Å². The van der Waals surface area contributed by atoms with Crippen molar-refractivity contribution in [2.75, 3.05) is 20.8 Å². The molecule has 2 saturated heterocycles. The number of hydrogen-bond donors (Lipinski definition) is 0. The maximum absolute atomic E-state index is 13.5. The number of benzene rings is 1. The molecule has 4 rings (SSSR count). The molecule has 2 bridgehead atoms. The van der Waals surface area contributed by atoms with E-state index in [2.05, 4.69) is 11.8 Å².